The molecule has 1 heterocycles. The third-order valence-electron chi connectivity index (χ3n) is 6.09. The Balaban J connectivity index is 1.69. The van der Waals surface area contributed by atoms with Crippen LogP contribution in [0.4, 0.5) is 0 Å². The fourth-order valence-electron chi connectivity index (χ4n) is 4.25. The van der Waals surface area contributed by atoms with E-state index in [0.717, 1.165) is 16.9 Å². The van der Waals surface area contributed by atoms with Crippen LogP contribution in [0.25, 0.3) is 0 Å². The molecule has 0 saturated heterocycles. The zero-order valence-corrected chi connectivity index (χ0v) is 20.6. The topological polar surface area (TPSA) is 84.7 Å². The van der Waals surface area contributed by atoms with Gasteiger partial charge in [0, 0.05) is 18.5 Å². The first-order chi connectivity index (χ1) is 16.2. The van der Waals surface area contributed by atoms with E-state index >= 15 is 0 Å². The highest BCUT2D eigenvalue weighted by Gasteiger charge is 2.34. The maximum absolute atomic E-state index is 13.5. The van der Waals surface area contributed by atoms with Crippen LogP contribution in [0, 0.1) is 5.92 Å². The molecule has 0 bridgehead atoms. The summed E-state index contributed by atoms with van der Waals surface area (Å²) in [5.74, 6) is 0.660. The van der Waals surface area contributed by atoms with Crippen LogP contribution in [-0.2, 0) is 22.6 Å². The molecule has 182 valence electrons. The molecule has 0 spiro atoms. The minimum atomic E-state index is -0.688. The highest BCUT2D eigenvalue weighted by molar-refractivity contribution is 5.90. The number of nitrogens with one attached hydrogen (secondary N) is 1. The summed E-state index contributed by atoms with van der Waals surface area (Å²) in [4.78, 5) is 28.1. The Kier molecular flexibility index (Phi) is 8.88. The van der Waals surface area contributed by atoms with Gasteiger partial charge in [-0.15, -0.1) is 0 Å². The average Bonchev–Trinajstić information content (AvgIpc) is 3.15. The molecule has 4 atom stereocenters. The van der Waals surface area contributed by atoms with Crippen molar-refractivity contribution in [2.75, 3.05) is 0 Å². The van der Waals surface area contributed by atoms with Crippen molar-refractivity contribution < 1.29 is 14.3 Å². The molecule has 2 aromatic carbocycles. The molecule has 1 aliphatic heterocycles. The largest absolute Gasteiger partial charge is 0.489 e. The Morgan fingerprint density at radius 3 is 2.18 bits per heavy atom. The third kappa shape index (κ3) is 6.94. The lowest BCUT2D eigenvalue weighted by Gasteiger charge is -2.31. The van der Waals surface area contributed by atoms with Crippen LogP contribution in [0.5, 0.6) is 5.75 Å². The monoisotopic (exact) mass is 463 g/mol. The summed E-state index contributed by atoms with van der Waals surface area (Å²) >= 11 is 0. The number of carbonyl (C=O) groups excluding carboxylic acids is 2. The van der Waals surface area contributed by atoms with E-state index in [-0.39, 0.29) is 23.9 Å². The SMILES string of the molecule is CC(C)CC(N)C(=O)NC(Cc1ccc(OCc2ccccc2)cc1)C(=O)N1C(C)C=CC1C. The summed E-state index contributed by atoms with van der Waals surface area (Å²) in [5, 5.41) is 2.94. The van der Waals surface area contributed by atoms with Gasteiger partial charge in [0.25, 0.3) is 0 Å². The smallest absolute Gasteiger partial charge is 0.246 e. The molecule has 6 heteroatoms. The van der Waals surface area contributed by atoms with Crippen molar-refractivity contribution in [1.82, 2.24) is 10.2 Å². The van der Waals surface area contributed by atoms with Crippen LogP contribution in [0.15, 0.2) is 66.7 Å². The van der Waals surface area contributed by atoms with Crippen molar-refractivity contribution in [3.63, 3.8) is 0 Å². The summed E-state index contributed by atoms with van der Waals surface area (Å²) < 4.78 is 5.87. The highest BCUT2D eigenvalue weighted by atomic mass is 16.5. The van der Waals surface area contributed by atoms with E-state index in [4.69, 9.17) is 10.5 Å². The normalized spacial score (nSPS) is 19.2. The number of ether oxygens (including phenoxy) is 1. The van der Waals surface area contributed by atoms with Crippen molar-refractivity contribution in [3.05, 3.63) is 77.9 Å². The highest BCUT2D eigenvalue weighted by Crippen LogP contribution is 2.20. The molecule has 6 nitrogen and oxygen atoms in total. The molecular formula is C28H37N3O3. The second kappa shape index (κ2) is 11.8. The maximum atomic E-state index is 13.5. The summed E-state index contributed by atoms with van der Waals surface area (Å²) in [6.07, 6.45) is 4.99. The van der Waals surface area contributed by atoms with Crippen LogP contribution in [-0.4, -0.2) is 40.9 Å². The van der Waals surface area contributed by atoms with Gasteiger partial charge < -0.3 is 20.7 Å². The van der Waals surface area contributed by atoms with Gasteiger partial charge in [-0.05, 0) is 49.4 Å². The molecule has 0 radical (unpaired) electrons. The van der Waals surface area contributed by atoms with E-state index < -0.39 is 12.1 Å². The van der Waals surface area contributed by atoms with Crippen molar-refractivity contribution in [2.45, 2.75) is 71.3 Å². The molecule has 3 rings (SSSR count). The van der Waals surface area contributed by atoms with Crippen molar-refractivity contribution >= 4 is 11.8 Å². The zero-order valence-electron chi connectivity index (χ0n) is 20.6. The van der Waals surface area contributed by atoms with Gasteiger partial charge in [0.1, 0.15) is 18.4 Å². The van der Waals surface area contributed by atoms with Crippen LogP contribution in [0.2, 0.25) is 0 Å². The Hall–Kier alpha value is -3.12. The lowest BCUT2D eigenvalue weighted by atomic mass is 10.0. The number of rotatable bonds is 10. The first-order valence-electron chi connectivity index (χ1n) is 12.1. The number of carbonyl (C=O) groups is 2. The van der Waals surface area contributed by atoms with E-state index in [1.807, 2.05) is 99.3 Å². The molecule has 0 aromatic heterocycles. The fourth-order valence-corrected chi connectivity index (χ4v) is 4.25. The molecule has 0 saturated carbocycles. The zero-order chi connectivity index (χ0) is 24.7. The van der Waals surface area contributed by atoms with Gasteiger partial charge in [-0.1, -0.05) is 68.5 Å². The van der Waals surface area contributed by atoms with Gasteiger partial charge in [0.15, 0.2) is 0 Å². The van der Waals surface area contributed by atoms with Gasteiger partial charge in [0.2, 0.25) is 11.8 Å². The summed E-state index contributed by atoms with van der Waals surface area (Å²) in [7, 11) is 0. The molecule has 34 heavy (non-hydrogen) atoms. The van der Waals surface area contributed by atoms with E-state index in [1.54, 1.807) is 0 Å². The minimum Gasteiger partial charge on any atom is -0.489 e. The molecule has 4 unspecified atom stereocenters. The van der Waals surface area contributed by atoms with Crippen LogP contribution >= 0.6 is 0 Å². The van der Waals surface area contributed by atoms with E-state index in [2.05, 4.69) is 5.32 Å². The molecular weight excluding hydrogens is 426 g/mol. The van der Waals surface area contributed by atoms with Crippen molar-refractivity contribution in [2.24, 2.45) is 11.7 Å². The van der Waals surface area contributed by atoms with Crippen LogP contribution in [0.3, 0.4) is 0 Å². The second-order valence-electron chi connectivity index (χ2n) is 9.53. The Morgan fingerprint density at radius 2 is 1.59 bits per heavy atom. The molecule has 3 N–H and O–H groups in total. The van der Waals surface area contributed by atoms with Gasteiger partial charge in [-0.2, -0.15) is 0 Å². The van der Waals surface area contributed by atoms with Gasteiger partial charge in [-0.25, -0.2) is 0 Å². The molecule has 1 aliphatic rings. The Bertz CT molecular complexity index is 960. The summed E-state index contributed by atoms with van der Waals surface area (Å²) in [5.41, 5.74) is 8.14. The van der Waals surface area contributed by atoms with E-state index in [0.29, 0.717) is 25.4 Å². The first-order valence-corrected chi connectivity index (χ1v) is 12.1. The van der Waals surface area contributed by atoms with E-state index in [9.17, 15) is 9.59 Å². The maximum Gasteiger partial charge on any atom is 0.246 e. The summed E-state index contributed by atoms with van der Waals surface area (Å²) in [6.45, 7) is 8.51. The minimum absolute atomic E-state index is 0.0139. The third-order valence-corrected chi connectivity index (χ3v) is 6.09. The van der Waals surface area contributed by atoms with Crippen molar-refractivity contribution in [3.8, 4) is 5.75 Å². The fraction of sp³-hybridized carbons (Fsp3) is 0.429. The average molecular weight is 464 g/mol. The molecule has 2 amide bonds. The van der Waals surface area contributed by atoms with Crippen LogP contribution in [0.1, 0.15) is 45.2 Å². The lowest BCUT2D eigenvalue weighted by molar-refractivity contribution is -0.138. The Labute approximate surface area is 203 Å². The van der Waals surface area contributed by atoms with Gasteiger partial charge in [0.05, 0.1) is 6.04 Å². The standard InChI is InChI=1S/C28H37N3O3/c1-19(2)16-25(29)27(32)30-26(28(33)31-20(3)10-11-21(31)4)17-22-12-14-24(15-13-22)34-18-23-8-6-5-7-9-23/h5-15,19-21,25-26H,16-18,29H2,1-4H3,(H,30,32). The van der Waals surface area contributed by atoms with Crippen LogP contribution < -0.4 is 15.8 Å². The number of nitrogens with two attached hydrogens (primary N) is 1. The van der Waals surface area contributed by atoms with Crippen molar-refractivity contribution in [1.29, 1.82) is 0 Å². The second-order valence-corrected chi connectivity index (χ2v) is 9.53. The number of amides is 2. The Morgan fingerprint density at radius 1 is 0.971 bits per heavy atom. The summed E-state index contributed by atoms with van der Waals surface area (Å²) in [6, 6.07) is 16.3. The predicted octanol–water partition coefficient (Wildman–Crippen LogP) is 3.84. The first kappa shape index (κ1) is 25.5. The molecule has 0 fully saturated rings. The van der Waals surface area contributed by atoms with E-state index in [1.165, 1.54) is 0 Å². The lowest BCUT2D eigenvalue weighted by Crippen LogP contribution is -2.55. The number of hydrogen-bond acceptors (Lipinski definition) is 4. The number of benzene rings is 2. The number of nitrogens with zero attached hydrogens (tertiary/aromatic N) is 1. The van der Waals surface area contributed by atoms with Gasteiger partial charge in [-0.3, -0.25) is 9.59 Å². The predicted molar refractivity (Wildman–Crippen MR) is 135 cm³/mol. The molecule has 0 aliphatic carbocycles. The van der Waals surface area contributed by atoms with Gasteiger partial charge >= 0.3 is 0 Å². The molecule has 2 aromatic rings. The number of hydrogen-bond donors (Lipinski definition) is 2. The quantitative estimate of drug-likeness (QED) is 0.524.